The third-order valence-corrected chi connectivity index (χ3v) is 8.40. The highest BCUT2D eigenvalue weighted by molar-refractivity contribution is 7.89. The first-order valence-corrected chi connectivity index (χ1v) is 12.8. The summed E-state index contributed by atoms with van der Waals surface area (Å²) in [7, 11) is -3.41. The van der Waals surface area contributed by atoms with Crippen molar-refractivity contribution >= 4 is 43.7 Å². The SMILES string of the molecule is O=S(=O)(c1ccc(CNCCc2ccc3c4c(cccc24)C(=S)N3)cc1)N1CCNCC1. The number of nitrogens with one attached hydrogen (secondary N) is 3. The lowest BCUT2D eigenvalue weighted by Crippen LogP contribution is -2.46. The molecule has 166 valence electrons. The Kier molecular flexibility index (Phi) is 5.96. The van der Waals surface area contributed by atoms with Gasteiger partial charge >= 0.3 is 0 Å². The number of anilines is 1. The van der Waals surface area contributed by atoms with Crippen LogP contribution in [0.1, 0.15) is 16.7 Å². The lowest BCUT2D eigenvalue weighted by molar-refractivity contribution is 0.360. The highest BCUT2D eigenvalue weighted by atomic mass is 32.2. The van der Waals surface area contributed by atoms with Crippen molar-refractivity contribution in [1.82, 2.24) is 14.9 Å². The molecule has 0 aromatic heterocycles. The van der Waals surface area contributed by atoms with Gasteiger partial charge in [-0.2, -0.15) is 4.31 Å². The van der Waals surface area contributed by atoms with Crippen molar-refractivity contribution < 1.29 is 8.42 Å². The van der Waals surface area contributed by atoms with Crippen LogP contribution in [0, 0.1) is 0 Å². The zero-order valence-corrected chi connectivity index (χ0v) is 19.4. The van der Waals surface area contributed by atoms with Crippen LogP contribution in [0.4, 0.5) is 5.69 Å². The Hall–Kier alpha value is -2.36. The number of nitrogens with zero attached hydrogens (tertiary/aromatic N) is 1. The van der Waals surface area contributed by atoms with Crippen molar-refractivity contribution in [2.24, 2.45) is 0 Å². The number of thiocarbonyl (C=S) groups is 1. The molecule has 0 unspecified atom stereocenters. The number of sulfonamides is 1. The Morgan fingerprint density at radius 1 is 1.00 bits per heavy atom. The molecular weight excluding hydrogens is 440 g/mol. The molecule has 3 N–H and O–H groups in total. The lowest BCUT2D eigenvalue weighted by Gasteiger charge is -2.26. The zero-order chi connectivity index (χ0) is 22.1. The van der Waals surface area contributed by atoms with E-state index in [1.807, 2.05) is 12.1 Å². The molecule has 0 saturated carbocycles. The largest absolute Gasteiger partial charge is 0.346 e. The van der Waals surface area contributed by atoms with Gasteiger partial charge in [0.2, 0.25) is 10.0 Å². The molecule has 8 heteroatoms. The van der Waals surface area contributed by atoms with Gasteiger partial charge in [0.15, 0.2) is 0 Å². The van der Waals surface area contributed by atoms with Crippen molar-refractivity contribution in [3.8, 4) is 0 Å². The van der Waals surface area contributed by atoms with Crippen LogP contribution < -0.4 is 16.0 Å². The molecule has 0 aliphatic carbocycles. The highest BCUT2D eigenvalue weighted by Gasteiger charge is 2.25. The maximum absolute atomic E-state index is 12.8. The van der Waals surface area contributed by atoms with Crippen LogP contribution in [-0.4, -0.2) is 50.4 Å². The zero-order valence-electron chi connectivity index (χ0n) is 17.7. The Morgan fingerprint density at radius 3 is 2.56 bits per heavy atom. The summed E-state index contributed by atoms with van der Waals surface area (Å²) in [6, 6.07) is 17.8. The van der Waals surface area contributed by atoms with Gasteiger partial charge < -0.3 is 16.0 Å². The third-order valence-electron chi connectivity index (χ3n) is 6.16. The predicted molar refractivity (Wildman–Crippen MR) is 133 cm³/mol. The van der Waals surface area contributed by atoms with Gasteiger partial charge in [-0.05, 0) is 47.7 Å². The van der Waals surface area contributed by atoms with E-state index in [9.17, 15) is 8.42 Å². The second-order valence-electron chi connectivity index (χ2n) is 8.18. The van der Waals surface area contributed by atoms with E-state index in [4.69, 9.17) is 12.2 Å². The van der Waals surface area contributed by atoms with E-state index in [-0.39, 0.29) is 0 Å². The summed E-state index contributed by atoms with van der Waals surface area (Å²) in [4.78, 5) is 1.16. The smallest absolute Gasteiger partial charge is 0.243 e. The molecule has 0 radical (unpaired) electrons. The molecule has 32 heavy (non-hydrogen) atoms. The Bertz CT molecular complexity index is 1270. The van der Waals surface area contributed by atoms with Gasteiger partial charge in [0, 0.05) is 49.4 Å². The predicted octanol–water partition coefficient (Wildman–Crippen LogP) is 2.87. The van der Waals surface area contributed by atoms with Crippen LogP contribution in [-0.2, 0) is 23.0 Å². The van der Waals surface area contributed by atoms with E-state index >= 15 is 0 Å². The van der Waals surface area contributed by atoms with Crippen LogP contribution in [0.15, 0.2) is 59.5 Å². The van der Waals surface area contributed by atoms with Gasteiger partial charge in [0.05, 0.1) is 4.90 Å². The molecule has 5 rings (SSSR count). The molecule has 3 aromatic carbocycles. The molecular formula is C24H26N4O2S2. The Balaban J connectivity index is 1.20. The van der Waals surface area contributed by atoms with Crippen LogP contribution >= 0.6 is 12.2 Å². The molecule has 3 aromatic rings. The van der Waals surface area contributed by atoms with Crippen molar-refractivity contribution in [3.63, 3.8) is 0 Å². The quantitative estimate of drug-likeness (QED) is 0.367. The first kappa shape index (κ1) is 21.5. The number of benzene rings is 3. The van der Waals surface area contributed by atoms with E-state index in [1.165, 1.54) is 16.3 Å². The summed E-state index contributed by atoms with van der Waals surface area (Å²) < 4.78 is 27.1. The molecule has 0 atom stereocenters. The minimum atomic E-state index is -3.41. The number of hydrogen-bond donors (Lipinski definition) is 3. The first-order valence-electron chi connectivity index (χ1n) is 10.9. The standard InChI is InChI=1S/C24H26N4O2S2/c29-32(30,28-14-12-25-13-15-28)19-7-4-17(5-8-19)16-26-11-10-18-6-9-22-23-20(18)2-1-3-21(23)24(31)27-22/h1-9,25-26H,10-16H2,(H,27,31). The molecule has 6 nitrogen and oxygen atoms in total. The Morgan fingerprint density at radius 2 is 1.78 bits per heavy atom. The summed E-state index contributed by atoms with van der Waals surface area (Å²) in [5, 5.41) is 12.4. The number of hydrogen-bond acceptors (Lipinski definition) is 5. The summed E-state index contributed by atoms with van der Waals surface area (Å²) in [6.45, 7) is 3.96. The van der Waals surface area contributed by atoms with Crippen molar-refractivity contribution in [2.45, 2.75) is 17.9 Å². The second-order valence-corrected chi connectivity index (χ2v) is 10.5. The van der Waals surface area contributed by atoms with Gasteiger partial charge in [-0.3, -0.25) is 0 Å². The summed E-state index contributed by atoms with van der Waals surface area (Å²) in [5.41, 5.74) is 4.56. The molecule has 2 heterocycles. The molecule has 0 spiro atoms. The van der Waals surface area contributed by atoms with Crippen molar-refractivity contribution in [3.05, 3.63) is 71.3 Å². The third kappa shape index (κ3) is 4.04. The van der Waals surface area contributed by atoms with Crippen LogP contribution in [0.2, 0.25) is 0 Å². The van der Waals surface area contributed by atoms with Gasteiger partial charge in [-0.1, -0.05) is 48.6 Å². The number of piperazine rings is 1. The maximum Gasteiger partial charge on any atom is 0.243 e. The summed E-state index contributed by atoms with van der Waals surface area (Å²) in [5.74, 6) is 0. The van der Waals surface area contributed by atoms with E-state index in [1.54, 1.807) is 16.4 Å². The molecule has 1 fully saturated rings. The lowest BCUT2D eigenvalue weighted by atomic mass is 9.99. The fourth-order valence-corrected chi connectivity index (χ4v) is 6.16. The normalized spacial score (nSPS) is 16.4. The van der Waals surface area contributed by atoms with E-state index in [0.29, 0.717) is 37.6 Å². The maximum atomic E-state index is 12.8. The van der Waals surface area contributed by atoms with E-state index in [2.05, 4.69) is 46.3 Å². The van der Waals surface area contributed by atoms with E-state index in [0.717, 1.165) is 34.8 Å². The topological polar surface area (TPSA) is 73.5 Å². The summed E-state index contributed by atoms with van der Waals surface area (Å²) in [6.07, 6.45) is 0.905. The van der Waals surface area contributed by atoms with E-state index < -0.39 is 10.0 Å². The molecule has 2 aliphatic heterocycles. The summed E-state index contributed by atoms with van der Waals surface area (Å²) >= 11 is 5.44. The molecule has 0 amide bonds. The highest BCUT2D eigenvalue weighted by Crippen LogP contribution is 2.35. The van der Waals surface area contributed by atoms with Gasteiger partial charge in [0.1, 0.15) is 4.99 Å². The first-order chi connectivity index (χ1) is 15.5. The minimum Gasteiger partial charge on any atom is -0.346 e. The number of rotatable bonds is 7. The molecule has 1 saturated heterocycles. The minimum absolute atomic E-state index is 0.363. The fraction of sp³-hybridized carbons (Fsp3) is 0.292. The van der Waals surface area contributed by atoms with Gasteiger partial charge in [-0.25, -0.2) is 8.42 Å². The Labute approximate surface area is 194 Å². The van der Waals surface area contributed by atoms with Crippen molar-refractivity contribution in [1.29, 1.82) is 0 Å². The van der Waals surface area contributed by atoms with Gasteiger partial charge in [-0.15, -0.1) is 0 Å². The average molecular weight is 467 g/mol. The molecule has 0 bridgehead atoms. The van der Waals surface area contributed by atoms with Crippen LogP contribution in [0.5, 0.6) is 0 Å². The average Bonchev–Trinajstić information content (AvgIpc) is 3.16. The van der Waals surface area contributed by atoms with Crippen molar-refractivity contribution in [2.75, 3.05) is 38.0 Å². The monoisotopic (exact) mass is 466 g/mol. The van der Waals surface area contributed by atoms with Crippen LogP contribution in [0.25, 0.3) is 10.8 Å². The molecule has 2 aliphatic rings. The second kappa shape index (κ2) is 8.88. The fourth-order valence-electron chi connectivity index (χ4n) is 4.44. The van der Waals surface area contributed by atoms with Gasteiger partial charge in [0.25, 0.3) is 0 Å². The van der Waals surface area contributed by atoms with Crippen LogP contribution in [0.3, 0.4) is 0 Å².